The molecule has 47 heavy (non-hydrogen) atoms. The Morgan fingerprint density at radius 1 is 0.638 bits per heavy atom. The number of nitrogens with zero attached hydrogens (tertiary/aromatic N) is 6. The van der Waals surface area contributed by atoms with Crippen LogP contribution in [0.1, 0.15) is 38.8 Å². The number of fused-ring (bicyclic) bond motifs is 5. The fraction of sp³-hybridized carbons (Fsp3) is 0.200. The van der Waals surface area contributed by atoms with Crippen LogP contribution in [0.25, 0.3) is 41.0 Å². The molecule has 2 aromatic heterocycles. The standard InChI is InChI=1S/C35H24N6O4S2/c1-15-27(36-5)31(42)40(7)33(44)29(15)38-25-11-17-9-21-19(13-23(17)46-25)20-14-24-18(10-22(20)35(21,3)4)12-26(47-24)39-30-16(2)28(37-6)32(43)41(8)34(30)45/h9-14H,1-4,7-8H3. The summed E-state index contributed by atoms with van der Waals surface area (Å²) in [4.78, 5) is 68.3. The number of thiophene rings is 2. The quantitative estimate of drug-likeness (QED) is 0.172. The van der Waals surface area contributed by atoms with E-state index < -0.39 is 23.6 Å². The van der Waals surface area contributed by atoms with Gasteiger partial charge in [-0.3, -0.25) is 29.0 Å². The zero-order valence-electron chi connectivity index (χ0n) is 26.1. The number of carbonyl (C=O) groups excluding carboxylic acids is 4. The highest BCUT2D eigenvalue weighted by Crippen LogP contribution is 2.53. The fourth-order valence-electron chi connectivity index (χ4n) is 6.31. The second-order valence-electron chi connectivity index (χ2n) is 12.1. The first kappa shape index (κ1) is 30.1. The average molecular weight is 657 g/mol. The van der Waals surface area contributed by atoms with Crippen molar-refractivity contribution >= 4 is 87.9 Å². The summed E-state index contributed by atoms with van der Waals surface area (Å²) in [5, 5.41) is 3.17. The molecule has 2 aliphatic heterocycles. The third-order valence-electron chi connectivity index (χ3n) is 9.04. The molecular formula is C35H24N6O4S2. The van der Waals surface area contributed by atoms with Gasteiger partial charge < -0.3 is 0 Å². The molecule has 0 saturated heterocycles. The van der Waals surface area contributed by atoms with Crippen LogP contribution in [-0.4, -0.2) is 58.9 Å². The van der Waals surface area contributed by atoms with Crippen LogP contribution in [0.15, 0.2) is 68.9 Å². The average Bonchev–Trinajstić information content (AvgIpc) is 3.69. The van der Waals surface area contributed by atoms with Crippen LogP contribution in [0.2, 0.25) is 0 Å². The van der Waals surface area contributed by atoms with Crippen molar-refractivity contribution in [2.45, 2.75) is 33.1 Å². The molecule has 0 spiro atoms. The van der Waals surface area contributed by atoms with Gasteiger partial charge in [-0.2, -0.15) is 0 Å². The summed E-state index contributed by atoms with van der Waals surface area (Å²) in [6.45, 7) is 22.3. The zero-order valence-corrected chi connectivity index (χ0v) is 27.7. The maximum atomic E-state index is 12.9. The molecule has 4 amide bonds. The molecule has 0 N–H and O–H groups in total. The van der Waals surface area contributed by atoms with Gasteiger partial charge in [0.15, 0.2) is 0 Å². The van der Waals surface area contributed by atoms with E-state index in [2.05, 4.69) is 57.8 Å². The highest BCUT2D eigenvalue weighted by Gasteiger charge is 2.38. The lowest BCUT2D eigenvalue weighted by Gasteiger charge is -2.22. The van der Waals surface area contributed by atoms with Crippen LogP contribution in [0, 0.1) is 13.1 Å². The SMILES string of the molecule is [C-]#[N+]C1=C(C)C(=Nc2cc3cc4c(cc3s2)-c2cc3sc(N=C5C(=O)N(C)C(=O)C([N+]#[C-])=C5C)cc3cc2C4(C)C)C(=O)N(C)C1=O. The molecule has 0 saturated carbocycles. The van der Waals surface area contributed by atoms with Gasteiger partial charge in [0.2, 0.25) is 0 Å². The molecule has 0 fully saturated rings. The molecule has 2 aromatic carbocycles. The minimum atomic E-state index is -0.623. The second kappa shape index (κ2) is 10.2. The van der Waals surface area contributed by atoms with Gasteiger partial charge in [-0.15, -0.1) is 22.7 Å². The van der Waals surface area contributed by atoms with Crippen LogP contribution in [0.3, 0.4) is 0 Å². The van der Waals surface area contributed by atoms with Crippen molar-refractivity contribution < 1.29 is 19.2 Å². The number of amides is 4. The Hall–Kier alpha value is -5.56. The third kappa shape index (κ3) is 4.26. The molecule has 3 aliphatic rings. The van der Waals surface area contributed by atoms with Crippen molar-refractivity contribution in [2.24, 2.45) is 9.98 Å². The molecular weight excluding hydrogens is 633 g/mol. The zero-order chi connectivity index (χ0) is 33.7. The van der Waals surface area contributed by atoms with E-state index in [4.69, 9.17) is 13.1 Å². The minimum Gasteiger partial charge on any atom is -0.286 e. The fourth-order valence-corrected chi connectivity index (χ4v) is 8.24. The van der Waals surface area contributed by atoms with E-state index in [0.29, 0.717) is 10.0 Å². The van der Waals surface area contributed by atoms with E-state index in [9.17, 15) is 19.2 Å². The highest BCUT2D eigenvalue weighted by molar-refractivity contribution is 7.23. The lowest BCUT2D eigenvalue weighted by atomic mass is 9.82. The molecule has 1 aliphatic carbocycles. The van der Waals surface area contributed by atoms with Crippen molar-refractivity contribution in [2.75, 3.05) is 14.1 Å². The summed E-state index contributed by atoms with van der Waals surface area (Å²) in [6, 6.07) is 12.5. The first-order valence-corrected chi connectivity index (χ1v) is 16.1. The van der Waals surface area contributed by atoms with Crippen molar-refractivity contribution in [3.05, 3.63) is 92.9 Å². The Morgan fingerprint density at radius 3 is 1.38 bits per heavy atom. The summed E-state index contributed by atoms with van der Waals surface area (Å²) in [7, 11) is 2.71. The molecule has 0 radical (unpaired) electrons. The Kier molecular flexibility index (Phi) is 6.55. The van der Waals surface area contributed by atoms with E-state index in [0.717, 1.165) is 52.2 Å². The van der Waals surface area contributed by atoms with E-state index in [-0.39, 0.29) is 39.4 Å². The number of benzene rings is 2. The van der Waals surface area contributed by atoms with Gasteiger partial charge in [-0.25, -0.2) is 19.7 Å². The number of carbonyl (C=O) groups is 4. The molecule has 4 heterocycles. The molecule has 230 valence electrons. The summed E-state index contributed by atoms with van der Waals surface area (Å²) < 4.78 is 1.97. The molecule has 12 heteroatoms. The van der Waals surface area contributed by atoms with Gasteiger partial charge in [-0.05, 0) is 94.4 Å². The van der Waals surface area contributed by atoms with E-state index >= 15 is 0 Å². The van der Waals surface area contributed by atoms with Crippen LogP contribution in [0.4, 0.5) is 10.0 Å². The molecule has 0 unspecified atom stereocenters. The Balaban J connectivity index is 1.32. The first-order valence-electron chi connectivity index (χ1n) is 14.4. The first-order chi connectivity index (χ1) is 22.3. The highest BCUT2D eigenvalue weighted by atomic mass is 32.1. The van der Waals surface area contributed by atoms with E-state index in [1.165, 1.54) is 36.8 Å². The van der Waals surface area contributed by atoms with Crippen LogP contribution in [-0.2, 0) is 24.6 Å². The van der Waals surface area contributed by atoms with E-state index in [1.807, 2.05) is 12.1 Å². The summed E-state index contributed by atoms with van der Waals surface area (Å²) >= 11 is 2.87. The van der Waals surface area contributed by atoms with Gasteiger partial charge in [0, 0.05) is 28.9 Å². The number of hydrogen-bond donors (Lipinski definition) is 0. The maximum absolute atomic E-state index is 12.9. The number of imide groups is 2. The summed E-state index contributed by atoms with van der Waals surface area (Å²) in [5.74, 6) is -2.32. The maximum Gasteiger partial charge on any atom is 0.277 e. The largest absolute Gasteiger partial charge is 0.286 e. The van der Waals surface area contributed by atoms with Gasteiger partial charge in [0.25, 0.3) is 35.0 Å². The Labute approximate surface area is 277 Å². The van der Waals surface area contributed by atoms with Crippen LogP contribution < -0.4 is 0 Å². The molecule has 7 rings (SSSR count). The Bertz CT molecular complexity index is 2270. The monoisotopic (exact) mass is 656 g/mol. The van der Waals surface area contributed by atoms with Crippen molar-refractivity contribution in [1.82, 2.24) is 9.80 Å². The number of likely N-dealkylation sites (N-methyl/N-ethyl adjacent to an activating group) is 2. The van der Waals surface area contributed by atoms with Gasteiger partial charge in [0.1, 0.15) is 21.4 Å². The summed E-state index contributed by atoms with van der Waals surface area (Å²) in [5.41, 5.74) is 4.70. The lowest BCUT2D eigenvalue weighted by Crippen LogP contribution is -2.43. The van der Waals surface area contributed by atoms with Crippen molar-refractivity contribution in [3.8, 4) is 11.1 Å². The predicted octanol–water partition coefficient (Wildman–Crippen LogP) is 6.95. The molecule has 0 bridgehead atoms. The van der Waals surface area contributed by atoms with Crippen molar-refractivity contribution in [1.29, 1.82) is 0 Å². The van der Waals surface area contributed by atoms with Crippen LogP contribution >= 0.6 is 22.7 Å². The van der Waals surface area contributed by atoms with Crippen LogP contribution in [0.5, 0.6) is 0 Å². The minimum absolute atomic E-state index is 0.0894. The number of aliphatic imine (C=N–C) groups is 2. The molecule has 0 atom stereocenters. The smallest absolute Gasteiger partial charge is 0.277 e. The normalized spacial score (nSPS) is 19.4. The predicted molar refractivity (Wildman–Crippen MR) is 183 cm³/mol. The number of hydrogen-bond acceptors (Lipinski definition) is 8. The third-order valence-corrected chi connectivity index (χ3v) is 11.0. The van der Waals surface area contributed by atoms with Gasteiger partial charge >= 0.3 is 0 Å². The number of rotatable bonds is 2. The summed E-state index contributed by atoms with van der Waals surface area (Å²) in [6.07, 6.45) is 0. The van der Waals surface area contributed by atoms with Gasteiger partial charge in [0.05, 0.1) is 13.1 Å². The topological polar surface area (TPSA) is 108 Å². The second-order valence-corrected chi connectivity index (χ2v) is 14.2. The molecule has 4 aromatic rings. The lowest BCUT2D eigenvalue weighted by molar-refractivity contribution is -0.138. The van der Waals surface area contributed by atoms with E-state index in [1.54, 1.807) is 13.8 Å². The van der Waals surface area contributed by atoms with Crippen molar-refractivity contribution in [3.63, 3.8) is 0 Å². The Morgan fingerprint density at radius 2 is 1.02 bits per heavy atom. The van der Waals surface area contributed by atoms with Gasteiger partial charge in [-0.1, -0.05) is 13.8 Å². The molecule has 10 nitrogen and oxygen atoms in total.